The molecule has 3 rings (SSSR count). The number of ether oxygens (including phenoxy) is 2. The minimum absolute atomic E-state index is 0.130. The SMILES string of the molecule is CC(C)(C(=O)Nc1cc(C2CCCO2)no1)S(=O)(=O)C1CCOCC1. The summed E-state index contributed by atoms with van der Waals surface area (Å²) in [5.74, 6) is -0.500. The Hall–Kier alpha value is -1.45. The molecule has 2 aliphatic rings. The largest absolute Gasteiger partial charge is 0.381 e. The van der Waals surface area contributed by atoms with Crippen LogP contribution in [0.4, 0.5) is 5.88 Å². The third-order valence-corrected chi connectivity index (χ3v) is 7.85. The number of carbonyl (C=O) groups is 1. The molecule has 0 bridgehead atoms. The number of sulfone groups is 1. The van der Waals surface area contributed by atoms with Crippen LogP contribution in [0.2, 0.25) is 0 Å². The van der Waals surface area contributed by atoms with Gasteiger partial charge in [-0.1, -0.05) is 5.16 Å². The van der Waals surface area contributed by atoms with Crippen molar-refractivity contribution in [1.82, 2.24) is 5.16 Å². The van der Waals surface area contributed by atoms with E-state index in [0.29, 0.717) is 38.4 Å². The third kappa shape index (κ3) is 3.58. The lowest BCUT2D eigenvalue weighted by Crippen LogP contribution is -2.50. The first-order valence-electron chi connectivity index (χ1n) is 8.53. The quantitative estimate of drug-likeness (QED) is 0.840. The average molecular weight is 372 g/mol. The molecule has 1 N–H and O–H groups in total. The number of hydrogen-bond donors (Lipinski definition) is 1. The van der Waals surface area contributed by atoms with Crippen LogP contribution in [0, 0.1) is 0 Å². The van der Waals surface area contributed by atoms with Crippen molar-refractivity contribution in [3.05, 3.63) is 11.8 Å². The van der Waals surface area contributed by atoms with E-state index in [2.05, 4.69) is 10.5 Å². The average Bonchev–Trinajstić information content (AvgIpc) is 3.26. The molecule has 8 nitrogen and oxygen atoms in total. The normalized spacial score (nSPS) is 22.9. The van der Waals surface area contributed by atoms with Crippen LogP contribution in [-0.2, 0) is 24.1 Å². The molecule has 25 heavy (non-hydrogen) atoms. The Kier molecular flexibility index (Phi) is 5.17. The van der Waals surface area contributed by atoms with E-state index in [-0.39, 0.29) is 12.0 Å². The van der Waals surface area contributed by atoms with Gasteiger partial charge in [0, 0.05) is 25.9 Å². The Labute approximate surface area is 147 Å². The Morgan fingerprint density at radius 3 is 2.60 bits per heavy atom. The molecule has 2 aliphatic heterocycles. The summed E-state index contributed by atoms with van der Waals surface area (Å²) in [4.78, 5) is 12.6. The van der Waals surface area contributed by atoms with Crippen molar-refractivity contribution in [3.63, 3.8) is 0 Å². The Bertz CT molecular complexity index is 715. The number of hydrogen-bond acceptors (Lipinski definition) is 7. The number of nitrogens with one attached hydrogen (secondary N) is 1. The molecule has 9 heteroatoms. The summed E-state index contributed by atoms with van der Waals surface area (Å²) in [6, 6.07) is 1.59. The molecular weight excluding hydrogens is 348 g/mol. The van der Waals surface area contributed by atoms with Gasteiger partial charge in [0.05, 0.1) is 5.25 Å². The molecule has 0 spiro atoms. The second-order valence-electron chi connectivity index (χ2n) is 6.94. The maximum atomic E-state index is 12.9. The molecule has 140 valence electrons. The highest BCUT2D eigenvalue weighted by Gasteiger charge is 2.46. The number of carbonyl (C=O) groups excluding carboxylic acids is 1. The lowest BCUT2D eigenvalue weighted by molar-refractivity contribution is -0.118. The highest BCUT2D eigenvalue weighted by atomic mass is 32.2. The van der Waals surface area contributed by atoms with Crippen molar-refractivity contribution in [2.24, 2.45) is 0 Å². The van der Waals surface area contributed by atoms with E-state index in [1.165, 1.54) is 13.8 Å². The van der Waals surface area contributed by atoms with Gasteiger partial charge in [-0.25, -0.2) is 8.42 Å². The monoisotopic (exact) mass is 372 g/mol. The molecule has 0 saturated carbocycles. The molecule has 0 aromatic carbocycles. The summed E-state index contributed by atoms with van der Waals surface area (Å²) in [6.45, 7) is 4.31. The first kappa shape index (κ1) is 18.3. The van der Waals surface area contributed by atoms with Crippen LogP contribution in [0.3, 0.4) is 0 Å². The molecule has 2 saturated heterocycles. The zero-order valence-corrected chi connectivity index (χ0v) is 15.3. The van der Waals surface area contributed by atoms with Gasteiger partial charge in [0.1, 0.15) is 16.5 Å². The molecular formula is C16H24N2O6S. The van der Waals surface area contributed by atoms with Gasteiger partial charge in [0.15, 0.2) is 9.84 Å². The van der Waals surface area contributed by atoms with E-state index in [9.17, 15) is 13.2 Å². The van der Waals surface area contributed by atoms with Gasteiger partial charge in [-0.2, -0.15) is 0 Å². The minimum atomic E-state index is -3.67. The first-order valence-corrected chi connectivity index (χ1v) is 10.1. The van der Waals surface area contributed by atoms with Crippen LogP contribution in [0.5, 0.6) is 0 Å². The zero-order chi connectivity index (χ0) is 18.1. The van der Waals surface area contributed by atoms with Crippen LogP contribution in [-0.4, -0.2) is 49.3 Å². The van der Waals surface area contributed by atoms with Gasteiger partial charge in [0.25, 0.3) is 0 Å². The molecule has 1 aromatic heterocycles. The van der Waals surface area contributed by atoms with Crippen LogP contribution in [0.25, 0.3) is 0 Å². The van der Waals surface area contributed by atoms with Crippen molar-refractivity contribution in [2.45, 2.75) is 55.6 Å². The zero-order valence-electron chi connectivity index (χ0n) is 14.5. The first-order chi connectivity index (χ1) is 11.8. The number of nitrogens with zero attached hydrogens (tertiary/aromatic N) is 1. The van der Waals surface area contributed by atoms with E-state index >= 15 is 0 Å². The summed E-state index contributed by atoms with van der Waals surface area (Å²) in [7, 11) is -3.67. The van der Waals surface area contributed by atoms with Crippen molar-refractivity contribution in [3.8, 4) is 0 Å². The van der Waals surface area contributed by atoms with Gasteiger partial charge in [-0.15, -0.1) is 0 Å². The predicted molar refractivity (Wildman–Crippen MR) is 89.9 cm³/mol. The molecule has 0 aliphatic carbocycles. The second-order valence-corrected chi connectivity index (χ2v) is 9.72. The summed E-state index contributed by atoms with van der Waals surface area (Å²) in [5, 5.41) is 5.87. The Morgan fingerprint density at radius 2 is 1.96 bits per heavy atom. The van der Waals surface area contributed by atoms with E-state index in [1.54, 1.807) is 6.07 Å². The minimum Gasteiger partial charge on any atom is -0.381 e. The summed E-state index contributed by atoms with van der Waals surface area (Å²) in [6.07, 6.45) is 2.49. The van der Waals surface area contributed by atoms with Crippen LogP contribution in [0.1, 0.15) is 51.3 Å². The van der Waals surface area contributed by atoms with E-state index in [4.69, 9.17) is 14.0 Å². The Balaban J connectivity index is 1.70. The fraction of sp³-hybridized carbons (Fsp3) is 0.750. The molecule has 1 unspecified atom stereocenters. The molecule has 1 aromatic rings. The Morgan fingerprint density at radius 1 is 1.24 bits per heavy atom. The highest BCUT2D eigenvalue weighted by molar-refractivity contribution is 7.94. The summed E-state index contributed by atoms with van der Waals surface area (Å²) in [5.41, 5.74) is 0.609. The molecule has 1 atom stereocenters. The fourth-order valence-electron chi connectivity index (χ4n) is 3.10. The van der Waals surface area contributed by atoms with Gasteiger partial charge >= 0.3 is 0 Å². The van der Waals surface area contributed by atoms with Crippen molar-refractivity contribution in [1.29, 1.82) is 0 Å². The number of amides is 1. The smallest absolute Gasteiger partial charge is 0.247 e. The van der Waals surface area contributed by atoms with E-state index < -0.39 is 25.7 Å². The lowest BCUT2D eigenvalue weighted by atomic mass is 10.2. The maximum Gasteiger partial charge on any atom is 0.247 e. The summed E-state index contributed by atoms with van der Waals surface area (Å²) < 4.78 is 40.0. The highest BCUT2D eigenvalue weighted by Crippen LogP contribution is 2.31. The van der Waals surface area contributed by atoms with Gasteiger partial charge < -0.3 is 14.0 Å². The molecule has 3 heterocycles. The van der Waals surface area contributed by atoms with Crippen LogP contribution < -0.4 is 5.32 Å². The number of anilines is 1. The van der Waals surface area contributed by atoms with Gasteiger partial charge in [0.2, 0.25) is 11.8 Å². The van der Waals surface area contributed by atoms with Crippen molar-refractivity contribution in [2.75, 3.05) is 25.1 Å². The third-order valence-electron chi connectivity index (χ3n) is 4.89. The molecule has 0 radical (unpaired) electrons. The summed E-state index contributed by atoms with van der Waals surface area (Å²) >= 11 is 0. The van der Waals surface area contributed by atoms with Crippen LogP contribution in [0.15, 0.2) is 10.6 Å². The van der Waals surface area contributed by atoms with Crippen molar-refractivity contribution < 1.29 is 27.2 Å². The van der Waals surface area contributed by atoms with E-state index in [0.717, 1.165) is 12.8 Å². The maximum absolute atomic E-state index is 12.9. The van der Waals surface area contributed by atoms with Gasteiger partial charge in [-0.3, -0.25) is 10.1 Å². The standard InChI is InChI=1S/C16H24N2O6S/c1-16(2,25(20,21)11-5-8-22-9-6-11)15(19)17-14-10-12(18-24-14)13-4-3-7-23-13/h10-11,13H,3-9H2,1-2H3,(H,17,19). The number of aromatic nitrogens is 1. The van der Waals surface area contributed by atoms with E-state index in [1.807, 2.05) is 0 Å². The molecule has 1 amide bonds. The lowest BCUT2D eigenvalue weighted by Gasteiger charge is -2.30. The molecule has 2 fully saturated rings. The van der Waals surface area contributed by atoms with Crippen molar-refractivity contribution >= 4 is 21.6 Å². The fourth-order valence-corrected chi connectivity index (χ4v) is 5.06. The van der Waals surface area contributed by atoms with Gasteiger partial charge in [-0.05, 0) is 39.5 Å². The predicted octanol–water partition coefficient (Wildman–Crippen LogP) is 1.84. The topological polar surface area (TPSA) is 108 Å². The number of rotatable bonds is 5. The second kappa shape index (κ2) is 7.05. The van der Waals surface area contributed by atoms with Crippen LogP contribution >= 0.6 is 0 Å².